The Morgan fingerprint density at radius 1 is 1.56 bits per heavy atom. The summed E-state index contributed by atoms with van der Waals surface area (Å²) < 4.78 is 0. The zero-order valence-electron chi connectivity index (χ0n) is 10.4. The third-order valence-electron chi connectivity index (χ3n) is 3.68. The van der Waals surface area contributed by atoms with Crippen LogP contribution in [-0.2, 0) is 4.79 Å². The van der Waals surface area contributed by atoms with Gasteiger partial charge in [-0.2, -0.15) is 0 Å². The summed E-state index contributed by atoms with van der Waals surface area (Å²) in [5, 5.41) is 9.66. The minimum Gasteiger partial charge on any atom is -0.480 e. The number of fused-ring (bicyclic) bond motifs is 1. The molecule has 2 atom stereocenters. The molecule has 0 radical (unpaired) electrons. The Morgan fingerprint density at radius 2 is 2.22 bits per heavy atom. The maximum Gasteiger partial charge on any atom is 0.320 e. The molecule has 3 nitrogen and oxygen atoms in total. The van der Waals surface area contributed by atoms with Crippen LogP contribution in [0.5, 0.6) is 0 Å². The van der Waals surface area contributed by atoms with Gasteiger partial charge in [-0.15, -0.1) is 0 Å². The second kappa shape index (κ2) is 4.75. The number of allylic oxidation sites excluding steroid dienone is 1. The molecule has 0 spiro atoms. The lowest BCUT2D eigenvalue weighted by Gasteiger charge is -2.10. The summed E-state index contributed by atoms with van der Waals surface area (Å²) in [6.07, 6.45) is 0.346. The lowest BCUT2D eigenvalue weighted by Crippen LogP contribution is -2.30. The average molecular weight is 266 g/mol. The van der Waals surface area contributed by atoms with Crippen LogP contribution < -0.4 is 5.73 Å². The lowest BCUT2D eigenvalue weighted by atomic mass is 9.99. The van der Waals surface area contributed by atoms with E-state index in [1.807, 2.05) is 25.1 Å². The summed E-state index contributed by atoms with van der Waals surface area (Å²) in [5.74, 6) is -0.747. The summed E-state index contributed by atoms with van der Waals surface area (Å²) in [5.41, 5.74) is 9.95. The van der Waals surface area contributed by atoms with E-state index >= 15 is 0 Å². The van der Waals surface area contributed by atoms with Crippen LogP contribution in [0.2, 0.25) is 5.02 Å². The number of carboxylic acid groups (broad SMARTS) is 1. The highest BCUT2D eigenvalue weighted by molar-refractivity contribution is 6.31. The lowest BCUT2D eigenvalue weighted by molar-refractivity contribution is -0.138. The van der Waals surface area contributed by atoms with Crippen molar-refractivity contribution >= 4 is 23.1 Å². The first kappa shape index (κ1) is 13.1. The van der Waals surface area contributed by atoms with Crippen LogP contribution >= 0.6 is 11.6 Å². The molecule has 0 saturated carbocycles. The molecule has 3 N–H and O–H groups in total. The van der Waals surface area contributed by atoms with Gasteiger partial charge >= 0.3 is 5.97 Å². The van der Waals surface area contributed by atoms with Crippen molar-refractivity contribution in [3.63, 3.8) is 0 Å². The molecule has 2 rings (SSSR count). The van der Waals surface area contributed by atoms with Crippen molar-refractivity contribution in [1.29, 1.82) is 0 Å². The van der Waals surface area contributed by atoms with Crippen molar-refractivity contribution in [2.24, 2.45) is 5.73 Å². The molecule has 1 aliphatic rings. The molecule has 2 unspecified atom stereocenters. The van der Waals surface area contributed by atoms with Gasteiger partial charge in [-0.1, -0.05) is 36.2 Å². The van der Waals surface area contributed by atoms with E-state index in [4.69, 9.17) is 22.4 Å². The molecule has 1 aromatic rings. The fraction of sp³-hybridized carbons (Fsp3) is 0.357. The quantitative estimate of drug-likeness (QED) is 0.883. The van der Waals surface area contributed by atoms with E-state index in [-0.39, 0.29) is 5.92 Å². The first-order chi connectivity index (χ1) is 8.43. The summed E-state index contributed by atoms with van der Waals surface area (Å²) in [6, 6.07) is 4.87. The normalized spacial score (nSPS) is 19.9. The number of carbonyl (C=O) groups is 1. The van der Waals surface area contributed by atoms with Gasteiger partial charge in [0.1, 0.15) is 6.04 Å². The summed E-state index contributed by atoms with van der Waals surface area (Å²) in [4.78, 5) is 10.9. The van der Waals surface area contributed by atoms with E-state index in [1.165, 1.54) is 0 Å². The molecule has 4 heteroatoms. The number of rotatable bonds is 3. The number of nitrogens with two attached hydrogens (primary N) is 1. The zero-order chi connectivity index (χ0) is 13.4. The van der Waals surface area contributed by atoms with Gasteiger partial charge in [-0.25, -0.2) is 0 Å². The van der Waals surface area contributed by atoms with E-state index in [0.717, 1.165) is 27.3 Å². The Morgan fingerprint density at radius 3 is 2.83 bits per heavy atom. The van der Waals surface area contributed by atoms with Crippen molar-refractivity contribution in [1.82, 2.24) is 0 Å². The van der Waals surface area contributed by atoms with Crippen LogP contribution in [0.4, 0.5) is 0 Å². The molecule has 0 fully saturated rings. The van der Waals surface area contributed by atoms with Crippen LogP contribution in [0.3, 0.4) is 0 Å². The second-order valence-corrected chi connectivity index (χ2v) is 5.14. The third kappa shape index (κ3) is 2.04. The van der Waals surface area contributed by atoms with Gasteiger partial charge < -0.3 is 10.8 Å². The predicted octanol–water partition coefficient (Wildman–Crippen LogP) is 3.03. The van der Waals surface area contributed by atoms with E-state index < -0.39 is 12.0 Å². The molecular formula is C14H16ClNO2. The number of halogens is 1. The number of aliphatic carboxylic acids is 1. The van der Waals surface area contributed by atoms with Crippen LogP contribution in [-0.4, -0.2) is 17.1 Å². The van der Waals surface area contributed by atoms with Gasteiger partial charge in [0.25, 0.3) is 0 Å². The van der Waals surface area contributed by atoms with Crippen LogP contribution in [0.1, 0.15) is 37.3 Å². The van der Waals surface area contributed by atoms with Crippen LogP contribution in [0, 0.1) is 0 Å². The van der Waals surface area contributed by atoms with Crippen LogP contribution in [0.15, 0.2) is 23.8 Å². The van der Waals surface area contributed by atoms with Gasteiger partial charge in [0.15, 0.2) is 0 Å². The highest BCUT2D eigenvalue weighted by atomic mass is 35.5. The molecule has 0 aliphatic heterocycles. The van der Waals surface area contributed by atoms with Crippen molar-refractivity contribution in [2.45, 2.75) is 32.2 Å². The second-order valence-electron chi connectivity index (χ2n) is 4.73. The SMILES string of the molecule is CC1=C(CC(N)C(=O)O)c2cccc(Cl)c2C1C. The van der Waals surface area contributed by atoms with E-state index in [2.05, 4.69) is 6.92 Å². The number of benzene rings is 1. The Kier molecular flexibility index (Phi) is 3.46. The summed E-state index contributed by atoms with van der Waals surface area (Å²) in [6.45, 7) is 4.10. The van der Waals surface area contributed by atoms with E-state index in [0.29, 0.717) is 6.42 Å². The largest absolute Gasteiger partial charge is 0.480 e. The smallest absolute Gasteiger partial charge is 0.320 e. The number of hydrogen-bond donors (Lipinski definition) is 2. The number of hydrogen-bond acceptors (Lipinski definition) is 2. The molecule has 1 aromatic carbocycles. The monoisotopic (exact) mass is 265 g/mol. The molecule has 0 aromatic heterocycles. The zero-order valence-corrected chi connectivity index (χ0v) is 11.2. The molecule has 0 heterocycles. The fourth-order valence-electron chi connectivity index (χ4n) is 2.51. The molecule has 0 bridgehead atoms. The average Bonchev–Trinajstić information content (AvgIpc) is 2.55. The molecular weight excluding hydrogens is 250 g/mol. The Hall–Kier alpha value is -1.32. The minimum atomic E-state index is -0.974. The first-order valence-corrected chi connectivity index (χ1v) is 6.28. The molecule has 96 valence electrons. The van der Waals surface area contributed by atoms with Crippen molar-refractivity contribution < 1.29 is 9.90 Å². The first-order valence-electron chi connectivity index (χ1n) is 5.90. The van der Waals surface area contributed by atoms with Crippen molar-refractivity contribution in [2.75, 3.05) is 0 Å². The van der Waals surface area contributed by atoms with Gasteiger partial charge in [-0.3, -0.25) is 4.79 Å². The standard InChI is InChI=1S/C14H16ClNO2/c1-7-8(2)13-9(4-3-5-11(13)15)10(7)6-12(16)14(17)18/h3-5,8,12H,6,16H2,1-2H3,(H,17,18). The summed E-state index contributed by atoms with van der Waals surface area (Å²) >= 11 is 6.22. The van der Waals surface area contributed by atoms with Crippen molar-refractivity contribution in [3.05, 3.63) is 39.9 Å². The highest BCUT2D eigenvalue weighted by Gasteiger charge is 2.29. The van der Waals surface area contributed by atoms with Gasteiger partial charge in [-0.05, 0) is 36.1 Å². The fourth-order valence-corrected chi connectivity index (χ4v) is 2.85. The third-order valence-corrected chi connectivity index (χ3v) is 4.01. The maximum absolute atomic E-state index is 10.9. The molecule has 18 heavy (non-hydrogen) atoms. The Labute approximate surface area is 111 Å². The maximum atomic E-state index is 10.9. The van der Waals surface area contributed by atoms with Gasteiger partial charge in [0.05, 0.1) is 0 Å². The molecule has 0 amide bonds. The number of carboxylic acids is 1. The molecule has 0 saturated heterocycles. The summed E-state index contributed by atoms with van der Waals surface area (Å²) in [7, 11) is 0. The Balaban J connectivity index is 2.43. The minimum absolute atomic E-state index is 0.227. The van der Waals surface area contributed by atoms with E-state index in [1.54, 1.807) is 0 Å². The van der Waals surface area contributed by atoms with E-state index in [9.17, 15) is 4.79 Å². The highest BCUT2D eigenvalue weighted by Crippen LogP contribution is 2.46. The van der Waals surface area contributed by atoms with Crippen LogP contribution in [0.25, 0.3) is 5.57 Å². The molecule has 1 aliphatic carbocycles. The predicted molar refractivity (Wildman–Crippen MR) is 72.7 cm³/mol. The van der Waals surface area contributed by atoms with Crippen molar-refractivity contribution in [3.8, 4) is 0 Å². The topological polar surface area (TPSA) is 63.3 Å². The van der Waals surface area contributed by atoms with Gasteiger partial charge in [0.2, 0.25) is 0 Å². The Bertz CT molecular complexity index is 537. The van der Waals surface area contributed by atoms with Gasteiger partial charge in [0, 0.05) is 10.9 Å².